The predicted molar refractivity (Wildman–Crippen MR) is 104 cm³/mol. The molecule has 0 bridgehead atoms. The zero-order valence-electron chi connectivity index (χ0n) is 15.0. The molecule has 2 aliphatic rings. The van der Waals surface area contributed by atoms with Crippen LogP contribution in [0.5, 0.6) is 11.5 Å². The quantitative estimate of drug-likeness (QED) is 0.744. The largest absolute Gasteiger partial charge is 0.465 e. The van der Waals surface area contributed by atoms with Gasteiger partial charge < -0.3 is 24.1 Å². The van der Waals surface area contributed by atoms with E-state index in [2.05, 4.69) is 5.32 Å². The first-order valence-electron chi connectivity index (χ1n) is 9.05. The molecule has 1 unspecified atom stereocenters. The van der Waals surface area contributed by atoms with Crippen molar-refractivity contribution in [1.29, 1.82) is 0 Å². The second-order valence-electron chi connectivity index (χ2n) is 6.63. The van der Waals surface area contributed by atoms with Crippen molar-refractivity contribution in [2.45, 2.75) is 12.7 Å². The molecule has 0 aliphatic carbocycles. The van der Waals surface area contributed by atoms with Crippen molar-refractivity contribution in [1.82, 2.24) is 4.90 Å². The van der Waals surface area contributed by atoms with Gasteiger partial charge in [0.2, 0.25) is 6.79 Å². The van der Waals surface area contributed by atoms with Crippen molar-refractivity contribution in [2.24, 2.45) is 0 Å². The number of para-hydroxylation sites is 1. The number of anilines is 1. The van der Waals surface area contributed by atoms with Crippen LogP contribution in [-0.2, 0) is 6.54 Å². The van der Waals surface area contributed by atoms with Gasteiger partial charge in [-0.05, 0) is 54.1 Å². The summed E-state index contributed by atoms with van der Waals surface area (Å²) in [4.78, 5) is 15.0. The molecule has 6 heteroatoms. The van der Waals surface area contributed by atoms with E-state index in [-0.39, 0.29) is 18.9 Å². The summed E-state index contributed by atoms with van der Waals surface area (Å²) in [5.74, 6) is 2.14. The molecule has 5 rings (SSSR count). The van der Waals surface area contributed by atoms with Crippen LogP contribution in [0, 0.1) is 0 Å². The molecular weight excluding hydrogens is 356 g/mol. The number of furan rings is 1. The second kappa shape index (κ2) is 6.81. The van der Waals surface area contributed by atoms with Crippen molar-refractivity contribution in [2.75, 3.05) is 12.1 Å². The van der Waals surface area contributed by atoms with E-state index in [0.717, 1.165) is 22.8 Å². The normalized spacial score (nSPS) is 17.6. The Morgan fingerprint density at radius 3 is 2.86 bits per heavy atom. The molecule has 0 saturated carbocycles. The van der Waals surface area contributed by atoms with E-state index in [1.165, 1.54) is 0 Å². The van der Waals surface area contributed by atoms with Gasteiger partial charge in [0.15, 0.2) is 11.5 Å². The highest BCUT2D eigenvalue weighted by molar-refractivity contribution is 6.01. The highest BCUT2D eigenvalue weighted by Crippen LogP contribution is 2.34. The summed E-state index contributed by atoms with van der Waals surface area (Å²) in [5, 5.41) is 3.43. The van der Waals surface area contributed by atoms with E-state index in [4.69, 9.17) is 13.9 Å². The van der Waals surface area contributed by atoms with Crippen LogP contribution >= 0.6 is 0 Å². The number of carbonyl (C=O) groups is 1. The number of rotatable bonds is 4. The first-order chi connectivity index (χ1) is 13.8. The first kappa shape index (κ1) is 16.5. The summed E-state index contributed by atoms with van der Waals surface area (Å²) in [5.41, 5.74) is 2.45. The van der Waals surface area contributed by atoms with Crippen molar-refractivity contribution in [3.63, 3.8) is 0 Å². The van der Waals surface area contributed by atoms with E-state index >= 15 is 0 Å². The van der Waals surface area contributed by atoms with Crippen molar-refractivity contribution in [3.8, 4) is 11.5 Å². The standard InChI is InChI=1S/C22H18N2O4/c25-22-17-5-1-2-6-18(17)23-21(10-8-16-4-3-11-26-16)24(22)13-15-7-9-19-20(12-15)28-14-27-19/h1-12,21,23H,13-14H2/b10-8+. The van der Waals surface area contributed by atoms with E-state index in [9.17, 15) is 4.79 Å². The van der Waals surface area contributed by atoms with Gasteiger partial charge in [0.05, 0.1) is 11.8 Å². The number of amides is 1. The molecule has 1 N–H and O–H groups in total. The molecule has 3 heterocycles. The average molecular weight is 374 g/mol. The molecule has 28 heavy (non-hydrogen) atoms. The van der Waals surface area contributed by atoms with Crippen LogP contribution in [0.15, 0.2) is 71.4 Å². The third-order valence-corrected chi connectivity index (χ3v) is 4.83. The van der Waals surface area contributed by atoms with Crippen molar-refractivity contribution >= 4 is 17.7 Å². The fourth-order valence-corrected chi connectivity index (χ4v) is 3.44. The highest BCUT2D eigenvalue weighted by Gasteiger charge is 2.30. The van der Waals surface area contributed by atoms with Gasteiger partial charge >= 0.3 is 0 Å². The Balaban J connectivity index is 1.47. The maximum atomic E-state index is 13.2. The van der Waals surface area contributed by atoms with E-state index < -0.39 is 0 Å². The predicted octanol–water partition coefficient (Wildman–Crippen LogP) is 4.12. The number of nitrogens with zero attached hydrogens (tertiary/aromatic N) is 1. The van der Waals surface area contributed by atoms with Crippen LogP contribution in [0.4, 0.5) is 5.69 Å². The molecule has 2 aromatic carbocycles. The maximum Gasteiger partial charge on any atom is 0.258 e. The van der Waals surface area contributed by atoms with Crippen LogP contribution in [0.2, 0.25) is 0 Å². The summed E-state index contributed by atoms with van der Waals surface area (Å²) < 4.78 is 16.2. The van der Waals surface area contributed by atoms with Crippen LogP contribution < -0.4 is 14.8 Å². The molecule has 1 amide bonds. The summed E-state index contributed by atoms with van der Waals surface area (Å²) in [7, 11) is 0. The number of ether oxygens (including phenoxy) is 2. The third-order valence-electron chi connectivity index (χ3n) is 4.83. The molecule has 1 aromatic heterocycles. The Labute approximate surface area is 162 Å². The fraction of sp³-hybridized carbons (Fsp3) is 0.136. The van der Waals surface area contributed by atoms with Gasteiger partial charge in [0, 0.05) is 12.2 Å². The number of fused-ring (bicyclic) bond motifs is 2. The van der Waals surface area contributed by atoms with Crippen LogP contribution in [0.3, 0.4) is 0 Å². The average Bonchev–Trinajstić information content (AvgIpc) is 3.40. The minimum absolute atomic E-state index is 0.0267. The first-order valence-corrected chi connectivity index (χ1v) is 9.05. The summed E-state index contributed by atoms with van der Waals surface area (Å²) in [6.07, 6.45) is 5.11. The van der Waals surface area contributed by atoms with Gasteiger partial charge in [-0.2, -0.15) is 0 Å². The van der Waals surface area contributed by atoms with Crippen LogP contribution in [-0.4, -0.2) is 23.8 Å². The molecule has 0 fully saturated rings. The lowest BCUT2D eigenvalue weighted by atomic mass is 10.1. The zero-order valence-corrected chi connectivity index (χ0v) is 15.0. The monoisotopic (exact) mass is 374 g/mol. The molecule has 0 radical (unpaired) electrons. The van der Waals surface area contributed by atoms with Crippen LogP contribution in [0.25, 0.3) is 6.08 Å². The van der Waals surface area contributed by atoms with Crippen molar-refractivity contribution in [3.05, 3.63) is 83.8 Å². The number of carbonyl (C=O) groups excluding carboxylic acids is 1. The lowest BCUT2D eigenvalue weighted by Crippen LogP contribution is -2.47. The zero-order chi connectivity index (χ0) is 18.9. The Bertz CT molecular complexity index is 1040. The third kappa shape index (κ3) is 2.99. The molecule has 2 aliphatic heterocycles. The number of hydrogen-bond donors (Lipinski definition) is 1. The maximum absolute atomic E-state index is 13.2. The fourth-order valence-electron chi connectivity index (χ4n) is 3.44. The summed E-state index contributed by atoms with van der Waals surface area (Å²) in [6, 6.07) is 17.0. The molecule has 140 valence electrons. The topological polar surface area (TPSA) is 63.9 Å². The van der Waals surface area contributed by atoms with Gasteiger partial charge in [-0.25, -0.2) is 0 Å². The summed E-state index contributed by atoms with van der Waals surface area (Å²) >= 11 is 0. The molecule has 1 atom stereocenters. The molecule has 3 aromatic rings. The Kier molecular flexibility index (Phi) is 4.01. The number of nitrogens with one attached hydrogen (secondary N) is 1. The molecule has 0 spiro atoms. The minimum Gasteiger partial charge on any atom is -0.465 e. The van der Waals surface area contributed by atoms with Gasteiger partial charge in [-0.15, -0.1) is 0 Å². The minimum atomic E-state index is -0.307. The van der Waals surface area contributed by atoms with E-state index in [0.29, 0.717) is 17.9 Å². The van der Waals surface area contributed by atoms with Gasteiger partial charge in [-0.3, -0.25) is 4.79 Å². The Morgan fingerprint density at radius 1 is 1.07 bits per heavy atom. The van der Waals surface area contributed by atoms with Gasteiger partial charge in [0.25, 0.3) is 5.91 Å². The Hall–Kier alpha value is -3.67. The number of benzene rings is 2. The van der Waals surface area contributed by atoms with Crippen molar-refractivity contribution < 1.29 is 18.7 Å². The lowest BCUT2D eigenvalue weighted by molar-refractivity contribution is 0.0703. The van der Waals surface area contributed by atoms with Gasteiger partial charge in [-0.1, -0.05) is 18.2 Å². The second-order valence-corrected chi connectivity index (χ2v) is 6.63. The van der Waals surface area contributed by atoms with Gasteiger partial charge in [0.1, 0.15) is 11.9 Å². The molecular formula is C22H18N2O4. The lowest BCUT2D eigenvalue weighted by Gasteiger charge is -2.36. The highest BCUT2D eigenvalue weighted by atomic mass is 16.7. The number of hydrogen-bond acceptors (Lipinski definition) is 5. The van der Waals surface area contributed by atoms with E-state index in [1.807, 2.05) is 66.7 Å². The molecule has 0 saturated heterocycles. The van der Waals surface area contributed by atoms with E-state index in [1.54, 1.807) is 11.2 Å². The SMILES string of the molecule is O=C1c2ccccc2NC(/C=C/c2ccco2)N1Cc1ccc2c(c1)OCO2. The Morgan fingerprint density at radius 2 is 1.96 bits per heavy atom. The molecule has 6 nitrogen and oxygen atoms in total. The van der Waals surface area contributed by atoms with Crippen LogP contribution in [0.1, 0.15) is 21.7 Å². The smallest absolute Gasteiger partial charge is 0.258 e. The summed E-state index contributed by atoms with van der Waals surface area (Å²) in [6.45, 7) is 0.662.